The molecule has 0 aliphatic heterocycles. The lowest BCUT2D eigenvalue weighted by molar-refractivity contribution is -0.187. The van der Waals surface area contributed by atoms with Crippen LogP contribution in [0.5, 0.6) is 0 Å². The Morgan fingerprint density at radius 3 is 0.750 bits per heavy atom. The van der Waals surface area contributed by atoms with Gasteiger partial charge in [-0.2, -0.15) is 0 Å². The van der Waals surface area contributed by atoms with E-state index in [0.717, 1.165) is 76.0 Å². The van der Waals surface area contributed by atoms with Crippen LogP contribution in [-0.2, 0) is 14.4 Å². The summed E-state index contributed by atoms with van der Waals surface area (Å²) in [6.45, 7) is 5.47. The van der Waals surface area contributed by atoms with Crippen LogP contribution in [0.3, 0.4) is 0 Å². The predicted molar refractivity (Wildman–Crippen MR) is 257 cm³/mol. The largest absolute Gasteiger partial charge is 0.393 e. The topological polar surface area (TPSA) is 112 Å². The third kappa shape index (κ3) is 29.4. The summed E-state index contributed by atoms with van der Waals surface area (Å²) in [5.74, 6) is -3.21. The van der Waals surface area contributed by atoms with Gasteiger partial charge in [-0.1, -0.05) is 251 Å². The van der Waals surface area contributed by atoms with Crippen molar-refractivity contribution in [1.82, 2.24) is 0 Å². The number of carbonyl (C=O) groups is 3. The van der Waals surface area contributed by atoms with E-state index >= 15 is 0 Å². The summed E-state index contributed by atoms with van der Waals surface area (Å²) in [6, 6.07) is 0. The summed E-state index contributed by atoms with van der Waals surface area (Å²) in [6.07, 6.45) is 53.9. The lowest BCUT2D eigenvalue weighted by Gasteiger charge is -2.36. The first-order valence-electron chi connectivity index (χ1n) is 25.9. The Morgan fingerprint density at radius 2 is 0.533 bits per heavy atom. The second kappa shape index (κ2) is 42.4. The van der Waals surface area contributed by atoms with Crippen LogP contribution in [-0.4, -0.2) is 50.5 Å². The van der Waals surface area contributed by atoms with Crippen molar-refractivity contribution in [3.05, 3.63) is 36.5 Å². The summed E-state index contributed by atoms with van der Waals surface area (Å²) < 4.78 is 0. The molecule has 0 amide bonds. The van der Waals surface area contributed by atoms with Gasteiger partial charge in [-0.05, 0) is 56.8 Å². The zero-order valence-electron chi connectivity index (χ0n) is 39.8. The number of hydrogen-bond donors (Lipinski definition) is 3. The van der Waals surface area contributed by atoms with E-state index in [4.69, 9.17) is 0 Å². The third-order valence-electron chi connectivity index (χ3n) is 12.4. The Morgan fingerprint density at radius 1 is 0.333 bits per heavy atom. The minimum atomic E-state index is -3.14. The average Bonchev–Trinajstić information content (AvgIpc) is 3.25. The monoisotopic (exact) mass is 843 g/mol. The number of rotatable bonds is 47. The minimum absolute atomic E-state index is 0.576. The smallest absolute Gasteiger partial charge is 0.228 e. The molecule has 0 aromatic rings. The van der Waals surface area contributed by atoms with Crippen LogP contribution < -0.4 is 0 Å². The SMILES string of the molecule is CCCCCCCCCCCCCCC=CC(=O)C(O)(CO)C(O)(C(=O)C=CCCCCCCCCCCCCCC)C(=O)C=CCCCCCCCCCCCCCC. The Labute approximate surface area is 371 Å². The summed E-state index contributed by atoms with van der Waals surface area (Å²) >= 11 is 0. The lowest BCUT2D eigenvalue weighted by atomic mass is 9.73. The third-order valence-corrected chi connectivity index (χ3v) is 12.4. The van der Waals surface area contributed by atoms with Crippen molar-refractivity contribution in [2.45, 2.75) is 282 Å². The minimum Gasteiger partial charge on any atom is -0.393 e. The molecule has 0 aliphatic carbocycles. The molecule has 350 valence electrons. The molecule has 0 bridgehead atoms. The molecule has 0 saturated heterocycles. The highest BCUT2D eigenvalue weighted by molar-refractivity contribution is 6.23. The molecule has 0 radical (unpaired) electrons. The van der Waals surface area contributed by atoms with Crippen molar-refractivity contribution < 1.29 is 29.7 Å². The van der Waals surface area contributed by atoms with Gasteiger partial charge in [-0.3, -0.25) is 14.4 Å². The van der Waals surface area contributed by atoms with Crippen LogP contribution in [0.4, 0.5) is 0 Å². The number of hydrogen-bond acceptors (Lipinski definition) is 6. The van der Waals surface area contributed by atoms with Crippen LogP contribution in [0.25, 0.3) is 0 Å². The Hall–Kier alpha value is -1.89. The van der Waals surface area contributed by atoms with Gasteiger partial charge in [-0.15, -0.1) is 0 Å². The molecule has 0 saturated carbocycles. The van der Waals surface area contributed by atoms with E-state index < -0.39 is 35.2 Å². The maximum atomic E-state index is 13.6. The molecular weight excluding hydrogens is 745 g/mol. The molecule has 6 nitrogen and oxygen atoms in total. The summed E-state index contributed by atoms with van der Waals surface area (Å²) in [5, 5.41) is 33.7. The Kier molecular flexibility index (Phi) is 41.1. The van der Waals surface area contributed by atoms with Crippen LogP contribution in [0.15, 0.2) is 36.5 Å². The molecule has 0 fully saturated rings. The molecule has 6 heteroatoms. The van der Waals surface area contributed by atoms with Crippen molar-refractivity contribution in [3.8, 4) is 0 Å². The number of aliphatic hydroxyl groups is 3. The molecule has 60 heavy (non-hydrogen) atoms. The van der Waals surface area contributed by atoms with Gasteiger partial charge in [0, 0.05) is 0 Å². The normalized spacial score (nSPS) is 14.1. The fraction of sp³-hybridized carbons (Fsp3) is 0.833. The van der Waals surface area contributed by atoms with Gasteiger partial charge in [0.2, 0.25) is 5.60 Å². The summed E-state index contributed by atoms with van der Waals surface area (Å²) in [5.41, 5.74) is -6.14. The van der Waals surface area contributed by atoms with Gasteiger partial charge in [0.15, 0.2) is 23.0 Å². The maximum absolute atomic E-state index is 13.6. The van der Waals surface area contributed by atoms with Gasteiger partial charge in [0.25, 0.3) is 0 Å². The zero-order valence-corrected chi connectivity index (χ0v) is 39.8. The van der Waals surface area contributed by atoms with Crippen molar-refractivity contribution in [2.75, 3.05) is 6.61 Å². The van der Waals surface area contributed by atoms with Crippen molar-refractivity contribution in [3.63, 3.8) is 0 Å². The van der Waals surface area contributed by atoms with Crippen LogP contribution in [0.2, 0.25) is 0 Å². The highest BCUT2D eigenvalue weighted by Crippen LogP contribution is 2.29. The first-order valence-corrected chi connectivity index (χ1v) is 25.9. The lowest BCUT2D eigenvalue weighted by Crippen LogP contribution is -2.68. The summed E-state index contributed by atoms with van der Waals surface area (Å²) in [7, 11) is 0. The van der Waals surface area contributed by atoms with Gasteiger partial charge < -0.3 is 15.3 Å². The average molecular weight is 843 g/mol. The fourth-order valence-electron chi connectivity index (χ4n) is 8.16. The molecule has 1 atom stereocenters. The van der Waals surface area contributed by atoms with Gasteiger partial charge in [0.1, 0.15) is 0 Å². The predicted octanol–water partition coefficient (Wildman–Crippen LogP) is 15.1. The molecule has 1 unspecified atom stereocenters. The van der Waals surface area contributed by atoms with E-state index in [-0.39, 0.29) is 0 Å². The first-order chi connectivity index (χ1) is 29.3. The van der Waals surface area contributed by atoms with E-state index in [0.29, 0.717) is 19.3 Å². The van der Waals surface area contributed by atoms with Crippen molar-refractivity contribution >= 4 is 17.3 Å². The Bertz CT molecular complexity index is 1040. The molecule has 0 aliphatic rings. The fourth-order valence-corrected chi connectivity index (χ4v) is 8.16. The van der Waals surface area contributed by atoms with E-state index in [2.05, 4.69) is 20.8 Å². The van der Waals surface area contributed by atoms with Crippen LogP contribution >= 0.6 is 0 Å². The van der Waals surface area contributed by atoms with Gasteiger partial charge >= 0.3 is 0 Å². The second-order valence-corrected chi connectivity index (χ2v) is 18.1. The highest BCUT2D eigenvalue weighted by atomic mass is 16.4. The number of unbranched alkanes of at least 4 members (excludes halogenated alkanes) is 36. The van der Waals surface area contributed by atoms with E-state index in [1.54, 1.807) is 18.2 Å². The molecular formula is C54H98O6. The van der Waals surface area contributed by atoms with E-state index in [1.165, 1.54) is 173 Å². The van der Waals surface area contributed by atoms with Crippen LogP contribution in [0, 0.1) is 0 Å². The van der Waals surface area contributed by atoms with E-state index in [9.17, 15) is 29.7 Å². The molecule has 0 aromatic heterocycles. The number of aliphatic hydroxyl groups excluding tert-OH is 1. The second-order valence-electron chi connectivity index (χ2n) is 18.1. The standard InChI is InChI=1S/C54H98O6/c1-4-7-10-13-16-19-22-25-28-31-34-37-40-43-46-50(56)53(59,49-55)54(60,51(57)47-44-41-38-35-32-29-26-23-20-17-14-11-8-5-2)52(58)48-45-42-39-36-33-30-27-24-21-18-15-12-9-6-3/h43-48,55,59-60H,4-42,49H2,1-3H3. The van der Waals surface area contributed by atoms with Crippen molar-refractivity contribution in [2.24, 2.45) is 0 Å². The first kappa shape index (κ1) is 58.1. The molecule has 0 heterocycles. The van der Waals surface area contributed by atoms with E-state index in [1.807, 2.05) is 0 Å². The molecule has 0 spiro atoms. The quantitative estimate of drug-likeness (QED) is 0.0320. The number of carbonyl (C=O) groups excluding carboxylic acids is 3. The van der Waals surface area contributed by atoms with Crippen molar-refractivity contribution in [1.29, 1.82) is 0 Å². The highest BCUT2D eigenvalue weighted by Gasteiger charge is 2.61. The summed E-state index contributed by atoms with van der Waals surface area (Å²) in [4.78, 5) is 40.8. The van der Waals surface area contributed by atoms with Crippen LogP contribution in [0.1, 0.15) is 271 Å². The maximum Gasteiger partial charge on any atom is 0.228 e. The zero-order chi connectivity index (χ0) is 44.3. The Balaban J connectivity index is 5.13. The molecule has 0 aromatic carbocycles. The number of allylic oxidation sites excluding steroid dienone is 3. The van der Waals surface area contributed by atoms with Gasteiger partial charge in [0.05, 0.1) is 6.61 Å². The van der Waals surface area contributed by atoms with Gasteiger partial charge in [-0.25, -0.2) is 0 Å². The number of ketones is 3. The molecule has 3 N–H and O–H groups in total. The molecule has 0 rings (SSSR count).